The molecule has 0 rings (SSSR count). The van der Waals surface area contributed by atoms with E-state index in [1.165, 1.54) is 0 Å². The molecule has 134 valence electrons. The van der Waals surface area contributed by atoms with Crippen molar-refractivity contribution in [3.05, 3.63) is 24.3 Å². The summed E-state index contributed by atoms with van der Waals surface area (Å²) < 4.78 is 14.8. The van der Waals surface area contributed by atoms with Crippen LogP contribution in [-0.2, 0) is 23.8 Å². The summed E-state index contributed by atoms with van der Waals surface area (Å²) in [5.74, 6) is -0.632. The molecule has 0 aliphatic heterocycles. The van der Waals surface area contributed by atoms with E-state index in [9.17, 15) is 9.59 Å². The van der Waals surface area contributed by atoms with Gasteiger partial charge in [0.05, 0.1) is 13.2 Å². The Hall–Kier alpha value is -1.62. The van der Waals surface area contributed by atoms with Crippen molar-refractivity contribution in [2.45, 2.75) is 53.4 Å². The molecule has 0 bridgehead atoms. The fourth-order valence-corrected chi connectivity index (χ4v) is 1.10. The first kappa shape index (κ1) is 23.6. The summed E-state index contributed by atoms with van der Waals surface area (Å²) >= 11 is 0. The summed E-state index contributed by atoms with van der Waals surface area (Å²) in [5.41, 5.74) is 0.893. The van der Waals surface area contributed by atoms with Crippen LogP contribution in [0.4, 0.5) is 0 Å². The Morgan fingerprint density at radius 3 is 1.61 bits per heavy atom. The molecule has 0 heterocycles. The fraction of sp³-hybridized carbons (Fsp3) is 0.667. The van der Waals surface area contributed by atoms with Crippen molar-refractivity contribution < 1.29 is 23.8 Å². The van der Waals surface area contributed by atoms with E-state index in [1.807, 2.05) is 0 Å². The molecule has 0 atom stereocenters. The van der Waals surface area contributed by atoms with Gasteiger partial charge in [-0.2, -0.15) is 0 Å². The summed E-state index contributed by atoms with van der Waals surface area (Å²) in [7, 11) is 0. The fourth-order valence-electron chi connectivity index (χ4n) is 1.10. The van der Waals surface area contributed by atoms with Crippen LogP contribution in [0, 0.1) is 0 Å². The van der Waals surface area contributed by atoms with Crippen LogP contribution >= 0.6 is 0 Å². The van der Waals surface area contributed by atoms with Crippen LogP contribution in [0.2, 0.25) is 0 Å². The molecule has 5 nitrogen and oxygen atoms in total. The van der Waals surface area contributed by atoms with Gasteiger partial charge in [0.15, 0.2) is 0 Å². The Kier molecular flexibility index (Phi) is 17.2. The smallest absolute Gasteiger partial charge is 0.333 e. The topological polar surface area (TPSA) is 61.8 Å². The maximum atomic E-state index is 10.9. The van der Waals surface area contributed by atoms with Gasteiger partial charge in [-0.05, 0) is 26.7 Å². The molecule has 0 unspecified atom stereocenters. The number of carbonyl (C=O) groups is 2. The van der Waals surface area contributed by atoms with Crippen LogP contribution in [0.5, 0.6) is 0 Å². The van der Waals surface area contributed by atoms with E-state index >= 15 is 0 Å². The maximum Gasteiger partial charge on any atom is 0.333 e. The normalized spacial score (nSPS) is 9.39. The summed E-state index contributed by atoms with van der Waals surface area (Å²) in [5, 5.41) is 0. The molecule has 5 heteroatoms. The number of unbranched alkanes of at least 4 members (excludes halogenated alkanes) is 2. The Balaban J connectivity index is 0. The lowest BCUT2D eigenvalue weighted by Gasteiger charge is -2.04. The number of hydrogen-bond acceptors (Lipinski definition) is 5. The molecule has 0 saturated carbocycles. The highest BCUT2D eigenvalue weighted by molar-refractivity contribution is 5.87. The highest BCUT2D eigenvalue weighted by Gasteiger charge is 2.01. The van der Waals surface area contributed by atoms with E-state index in [1.54, 1.807) is 13.8 Å². The third kappa shape index (κ3) is 18.3. The van der Waals surface area contributed by atoms with Crippen molar-refractivity contribution in [2.24, 2.45) is 0 Å². The van der Waals surface area contributed by atoms with Gasteiger partial charge in [-0.1, -0.05) is 39.8 Å². The van der Waals surface area contributed by atoms with Crippen molar-refractivity contribution in [3.8, 4) is 0 Å². The lowest BCUT2D eigenvalue weighted by molar-refractivity contribution is -0.140. The van der Waals surface area contributed by atoms with Gasteiger partial charge in [0.1, 0.15) is 6.61 Å². The number of carbonyl (C=O) groups excluding carboxylic acids is 2. The van der Waals surface area contributed by atoms with Gasteiger partial charge in [0, 0.05) is 17.8 Å². The Bertz CT molecular complexity index is 360. The zero-order valence-electron chi connectivity index (χ0n) is 15.1. The predicted octanol–water partition coefficient (Wildman–Crippen LogP) is 3.83. The molecule has 0 aromatic rings. The van der Waals surface area contributed by atoms with Crippen molar-refractivity contribution in [2.75, 3.05) is 26.4 Å². The van der Waals surface area contributed by atoms with Crippen LogP contribution in [0.25, 0.3) is 0 Å². The monoisotopic (exact) mass is 328 g/mol. The molecule has 0 fully saturated rings. The minimum atomic E-state index is -0.348. The lowest BCUT2D eigenvalue weighted by Crippen LogP contribution is -2.11. The first-order valence-corrected chi connectivity index (χ1v) is 8.09. The third-order valence-corrected chi connectivity index (χ3v) is 2.53. The molecule has 0 saturated heterocycles. The minimum absolute atomic E-state index is 0.284. The highest BCUT2D eigenvalue weighted by atomic mass is 16.6. The number of esters is 2. The van der Waals surface area contributed by atoms with E-state index in [-0.39, 0.29) is 11.9 Å². The van der Waals surface area contributed by atoms with Crippen LogP contribution in [0.3, 0.4) is 0 Å². The SMILES string of the molecule is C=C(C)C(=O)OCCCC.C=C(C)C(=O)OCCOCCCC. The Morgan fingerprint density at radius 2 is 1.17 bits per heavy atom. The van der Waals surface area contributed by atoms with Gasteiger partial charge in [-0.15, -0.1) is 0 Å². The largest absolute Gasteiger partial charge is 0.462 e. The zero-order chi connectivity index (χ0) is 18.1. The molecule has 0 aliphatic rings. The first-order chi connectivity index (χ1) is 10.9. The Labute approximate surface area is 140 Å². The van der Waals surface area contributed by atoms with E-state index in [4.69, 9.17) is 14.2 Å². The van der Waals surface area contributed by atoms with Crippen molar-refractivity contribution in [1.29, 1.82) is 0 Å². The first-order valence-electron chi connectivity index (χ1n) is 8.09. The van der Waals surface area contributed by atoms with E-state index < -0.39 is 0 Å². The number of rotatable bonds is 11. The quantitative estimate of drug-likeness (QED) is 0.328. The molecule has 0 radical (unpaired) electrons. The van der Waals surface area contributed by atoms with Gasteiger partial charge >= 0.3 is 11.9 Å². The number of hydrogen-bond donors (Lipinski definition) is 0. The van der Waals surface area contributed by atoms with Gasteiger partial charge < -0.3 is 14.2 Å². The second-order valence-electron chi connectivity index (χ2n) is 5.15. The molecule has 0 N–H and O–H groups in total. The van der Waals surface area contributed by atoms with E-state index in [0.29, 0.717) is 31.0 Å². The molecule has 0 spiro atoms. The van der Waals surface area contributed by atoms with E-state index in [0.717, 1.165) is 32.3 Å². The van der Waals surface area contributed by atoms with Gasteiger partial charge in [-0.25, -0.2) is 9.59 Å². The molecule has 0 aliphatic carbocycles. The zero-order valence-corrected chi connectivity index (χ0v) is 15.1. The van der Waals surface area contributed by atoms with Gasteiger partial charge in [0.25, 0.3) is 0 Å². The van der Waals surface area contributed by atoms with Gasteiger partial charge in [0.2, 0.25) is 0 Å². The van der Waals surface area contributed by atoms with Gasteiger partial charge in [-0.3, -0.25) is 0 Å². The average molecular weight is 328 g/mol. The summed E-state index contributed by atoms with van der Waals surface area (Å²) in [6.07, 6.45) is 4.14. The molecule has 0 aromatic carbocycles. The second-order valence-corrected chi connectivity index (χ2v) is 5.15. The molecule has 23 heavy (non-hydrogen) atoms. The summed E-state index contributed by atoms with van der Waals surface area (Å²) in [6.45, 7) is 16.4. The van der Waals surface area contributed by atoms with Crippen molar-refractivity contribution in [3.63, 3.8) is 0 Å². The van der Waals surface area contributed by atoms with Crippen LogP contribution in [0.15, 0.2) is 24.3 Å². The molecule has 0 amide bonds. The summed E-state index contributed by atoms with van der Waals surface area (Å²) in [6, 6.07) is 0. The van der Waals surface area contributed by atoms with Crippen LogP contribution < -0.4 is 0 Å². The van der Waals surface area contributed by atoms with Crippen LogP contribution in [0.1, 0.15) is 53.4 Å². The van der Waals surface area contributed by atoms with E-state index in [2.05, 4.69) is 27.0 Å². The van der Waals surface area contributed by atoms with Crippen molar-refractivity contribution in [1.82, 2.24) is 0 Å². The Morgan fingerprint density at radius 1 is 0.739 bits per heavy atom. The van der Waals surface area contributed by atoms with Crippen LogP contribution in [-0.4, -0.2) is 38.4 Å². The molecule has 0 aromatic heterocycles. The molecular formula is C18H32O5. The number of ether oxygens (including phenoxy) is 3. The lowest BCUT2D eigenvalue weighted by atomic mass is 10.3. The second kappa shape index (κ2) is 16.7. The standard InChI is InChI=1S/C10H18O3.C8H14O2/c1-4-5-6-12-7-8-13-10(11)9(2)3;1-4-5-6-10-8(9)7(2)3/h2,4-8H2,1,3H3;2,4-6H2,1,3H3. The minimum Gasteiger partial charge on any atom is -0.462 e. The third-order valence-electron chi connectivity index (χ3n) is 2.53. The average Bonchev–Trinajstić information content (AvgIpc) is 2.51. The van der Waals surface area contributed by atoms with Crippen molar-refractivity contribution >= 4 is 11.9 Å². The predicted molar refractivity (Wildman–Crippen MR) is 92.2 cm³/mol. The highest BCUT2D eigenvalue weighted by Crippen LogP contribution is 1.94. The maximum absolute atomic E-state index is 10.9. The molecular weight excluding hydrogens is 296 g/mol. The summed E-state index contributed by atoms with van der Waals surface area (Å²) in [4.78, 5) is 21.6.